The number of carbonyl (C=O) groups excluding carboxylic acids is 1. The number of methoxy groups -OCH3 is 2. The molecule has 0 N–H and O–H groups in total. The summed E-state index contributed by atoms with van der Waals surface area (Å²) in [7, 11) is 2.94. The van der Waals surface area contributed by atoms with Crippen molar-refractivity contribution in [2.45, 2.75) is 6.42 Å². The Kier molecular flexibility index (Phi) is 6.32. The largest absolute Gasteiger partial charge is 0.494 e. The van der Waals surface area contributed by atoms with Gasteiger partial charge in [0.1, 0.15) is 6.61 Å². The lowest BCUT2D eigenvalue weighted by Crippen LogP contribution is -2.14. The van der Waals surface area contributed by atoms with E-state index in [-0.39, 0.29) is 24.6 Å². The molecule has 0 spiro atoms. The maximum Gasteiger partial charge on any atom is 0.168 e. The van der Waals surface area contributed by atoms with Gasteiger partial charge in [0.05, 0.1) is 20.3 Å². The van der Waals surface area contributed by atoms with Crippen LogP contribution < -0.4 is 4.74 Å². The summed E-state index contributed by atoms with van der Waals surface area (Å²) in [5.41, 5.74) is 0.315. The molecule has 1 rings (SSSR count). The molecule has 0 aliphatic rings. The molecule has 0 saturated heterocycles. The molecule has 1 aromatic rings. The molecule has 100 valence electrons. The number of benzene rings is 1. The van der Waals surface area contributed by atoms with Gasteiger partial charge in [-0.1, -0.05) is 12.1 Å². The predicted octanol–water partition coefficient (Wildman–Crippen LogP) is 1.61. The first-order valence-corrected chi connectivity index (χ1v) is 5.58. The summed E-state index contributed by atoms with van der Waals surface area (Å²) in [6.07, 6.45) is -0.00395. The summed E-state index contributed by atoms with van der Waals surface area (Å²) in [6.45, 7) is 0.740. The topological polar surface area (TPSA) is 44.8 Å². The van der Waals surface area contributed by atoms with E-state index in [1.807, 2.05) is 0 Å². The molecular formula is C13H17FO4. The maximum atomic E-state index is 13.7. The van der Waals surface area contributed by atoms with Gasteiger partial charge >= 0.3 is 0 Å². The van der Waals surface area contributed by atoms with Crippen molar-refractivity contribution in [1.29, 1.82) is 0 Å². The first-order valence-electron chi connectivity index (χ1n) is 5.58. The molecule has 0 saturated carbocycles. The fraction of sp³-hybridized carbons (Fsp3) is 0.462. The SMILES string of the molecule is COCCOCC(=O)Cc1cccc(OC)c1F. The molecule has 0 fully saturated rings. The van der Waals surface area contributed by atoms with Crippen LogP contribution in [-0.2, 0) is 20.7 Å². The van der Waals surface area contributed by atoms with Crippen molar-refractivity contribution in [3.63, 3.8) is 0 Å². The average Bonchev–Trinajstić information content (AvgIpc) is 2.37. The predicted molar refractivity (Wildman–Crippen MR) is 64.4 cm³/mol. The molecule has 18 heavy (non-hydrogen) atoms. The van der Waals surface area contributed by atoms with Crippen LogP contribution in [0.4, 0.5) is 4.39 Å². The fourth-order valence-corrected chi connectivity index (χ4v) is 1.44. The van der Waals surface area contributed by atoms with E-state index in [9.17, 15) is 9.18 Å². The van der Waals surface area contributed by atoms with E-state index in [0.29, 0.717) is 18.8 Å². The van der Waals surface area contributed by atoms with E-state index in [1.54, 1.807) is 19.2 Å². The number of ketones is 1. The van der Waals surface area contributed by atoms with Crippen LogP contribution in [0.3, 0.4) is 0 Å². The molecule has 0 atom stereocenters. The third kappa shape index (κ3) is 4.43. The third-order valence-electron chi connectivity index (χ3n) is 2.35. The minimum atomic E-state index is -0.495. The third-order valence-corrected chi connectivity index (χ3v) is 2.35. The van der Waals surface area contributed by atoms with Gasteiger partial charge in [-0.25, -0.2) is 4.39 Å². The van der Waals surface area contributed by atoms with Crippen molar-refractivity contribution in [1.82, 2.24) is 0 Å². The van der Waals surface area contributed by atoms with Crippen LogP contribution in [0, 0.1) is 5.82 Å². The smallest absolute Gasteiger partial charge is 0.168 e. The highest BCUT2D eigenvalue weighted by atomic mass is 19.1. The standard InChI is InChI=1S/C13H17FO4/c1-16-6-7-18-9-11(15)8-10-4-3-5-12(17-2)13(10)14/h3-5H,6-9H2,1-2H3. The summed E-state index contributed by atoms with van der Waals surface area (Å²) in [5, 5.41) is 0. The normalized spacial score (nSPS) is 10.4. The summed E-state index contributed by atoms with van der Waals surface area (Å²) in [6, 6.07) is 4.72. The molecule has 0 unspecified atom stereocenters. The van der Waals surface area contributed by atoms with Gasteiger partial charge in [0.15, 0.2) is 17.3 Å². The first-order chi connectivity index (χ1) is 8.69. The minimum absolute atomic E-state index is 0.00395. The van der Waals surface area contributed by atoms with Gasteiger partial charge in [-0.3, -0.25) is 4.79 Å². The zero-order valence-corrected chi connectivity index (χ0v) is 10.6. The van der Waals surface area contributed by atoms with Crippen LogP contribution in [0.5, 0.6) is 5.75 Å². The highest BCUT2D eigenvalue weighted by Crippen LogP contribution is 2.20. The zero-order valence-electron chi connectivity index (χ0n) is 10.6. The molecule has 0 amide bonds. The van der Waals surface area contributed by atoms with E-state index < -0.39 is 5.82 Å². The minimum Gasteiger partial charge on any atom is -0.494 e. The second kappa shape index (κ2) is 7.79. The molecule has 1 aromatic carbocycles. The Labute approximate surface area is 106 Å². The van der Waals surface area contributed by atoms with Crippen molar-refractivity contribution in [2.24, 2.45) is 0 Å². The van der Waals surface area contributed by atoms with E-state index >= 15 is 0 Å². The Balaban J connectivity index is 2.49. The van der Waals surface area contributed by atoms with Crippen molar-refractivity contribution < 1.29 is 23.4 Å². The van der Waals surface area contributed by atoms with Crippen LogP contribution >= 0.6 is 0 Å². The van der Waals surface area contributed by atoms with Crippen LogP contribution in [0.2, 0.25) is 0 Å². The lowest BCUT2D eigenvalue weighted by molar-refractivity contribution is -0.123. The van der Waals surface area contributed by atoms with Gasteiger partial charge in [0, 0.05) is 13.5 Å². The first kappa shape index (κ1) is 14.6. The summed E-state index contributed by atoms with van der Waals surface area (Å²) in [5.74, 6) is -0.538. The Morgan fingerprint density at radius 3 is 2.72 bits per heavy atom. The van der Waals surface area contributed by atoms with Crippen molar-refractivity contribution in [3.8, 4) is 5.75 Å². The van der Waals surface area contributed by atoms with E-state index in [2.05, 4.69) is 0 Å². The van der Waals surface area contributed by atoms with Crippen LogP contribution in [0.15, 0.2) is 18.2 Å². The number of rotatable bonds is 8. The van der Waals surface area contributed by atoms with Gasteiger partial charge in [0.25, 0.3) is 0 Å². The lowest BCUT2D eigenvalue weighted by atomic mass is 10.1. The van der Waals surface area contributed by atoms with E-state index in [0.717, 1.165) is 0 Å². The Bertz CT molecular complexity index is 393. The number of Topliss-reactive ketones (excluding diaryl/α,β-unsaturated/α-hetero) is 1. The molecule has 0 aliphatic heterocycles. The Hall–Kier alpha value is -1.46. The second-order valence-corrected chi connectivity index (χ2v) is 3.69. The number of carbonyl (C=O) groups is 1. The molecule has 0 radical (unpaired) electrons. The maximum absolute atomic E-state index is 13.7. The van der Waals surface area contributed by atoms with Gasteiger partial charge in [-0.2, -0.15) is 0 Å². The molecule has 5 heteroatoms. The summed E-state index contributed by atoms with van der Waals surface area (Å²) >= 11 is 0. The number of hydrogen-bond acceptors (Lipinski definition) is 4. The van der Waals surface area contributed by atoms with Gasteiger partial charge in [0.2, 0.25) is 0 Å². The van der Waals surface area contributed by atoms with Crippen LogP contribution in [0.1, 0.15) is 5.56 Å². The van der Waals surface area contributed by atoms with Gasteiger partial charge in [-0.15, -0.1) is 0 Å². The van der Waals surface area contributed by atoms with Gasteiger partial charge < -0.3 is 14.2 Å². The molecule has 0 heterocycles. The van der Waals surface area contributed by atoms with E-state index in [1.165, 1.54) is 13.2 Å². The summed E-state index contributed by atoms with van der Waals surface area (Å²) in [4.78, 5) is 11.6. The monoisotopic (exact) mass is 256 g/mol. The molecule has 0 aliphatic carbocycles. The highest BCUT2D eigenvalue weighted by Gasteiger charge is 2.12. The molecular weight excluding hydrogens is 239 g/mol. The van der Waals surface area contributed by atoms with Crippen molar-refractivity contribution in [3.05, 3.63) is 29.6 Å². The molecule has 0 bridgehead atoms. The number of halogens is 1. The number of ether oxygens (including phenoxy) is 3. The van der Waals surface area contributed by atoms with Crippen molar-refractivity contribution >= 4 is 5.78 Å². The highest BCUT2D eigenvalue weighted by molar-refractivity contribution is 5.82. The average molecular weight is 256 g/mol. The van der Waals surface area contributed by atoms with E-state index in [4.69, 9.17) is 14.2 Å². The molecule has 4 nitrogen and oxygen atoms in total. The quantitative estimate of drug-likeness (QED) is 0.663. The van der Waals surface area contributed by atoms with Crippen LogP contribution in [-0.4, -0.2) is 39.8 Å². The second-order valence-electron chi connectivity index (χ2n) is 3.69. The van der Waals surface area contributed by atoms with Crippen molar-refractivity contribution in [2.75, 3.05) is 34.0 Å². The van der Waals surface area contributed by atoms with Crippen LogP contribution in [0.25, 0.3) is 0 Å². The Morgan fingerprint density at radius 1 is 1.28 bits per heavy atom. The fourth-order valence-electron chi connectivity index (χ4n) is 1.44. The zero-order chi connectivity index (χ0) is 13.4. The Morgan fingerprint density at radius 2 is 2.06 bits per heavy atom. The molecule has 0 aromatic heterocycles. The lowest BCUT2D eigenvalue weighted by Gasteiger charge is -2.07. The summed E-state index contributed by atoms with van der Waals surface area (Å²) < 4.78 is 28.4. The number of hydrogen-bond donors (Lipinski definition) is 0. The van der Waals surface area contributed by atoms with Gasteiger partial charge in [-0.05, 0) is 11.6 Å².